The molecule has 0 bridgehead atoms. The highest BCUT2D eigenvalue weighted by Crippen LogP contribution is 2.43. The van der Waals surface area contributed by atoms with Gasteiger partial charge in [0.05, 0.1) is 20.5 Å². The van der Waals surface area contributed by atoms with Gasteiger partial charge in [-0.1, -0.05) is 11.6 Å². The molecule has 1 aromatic heterocycles. The van der Waals surface area contributed by atoms with Crippen LogP contribution in [0, 0.1) is 0 Å². The molecule has 2 N–H and O–H groups in total. The summed E-state index contributed by atoms with van der Waals surface area (Å²) < 4.78 is 23.8. The molecule has 1 aliphatic rings. The summed E-state index contributed by atoms with van der Waals surface area (Å²) >= 11 is 7.34. The molecule has 0 radical (unpaired) electrons. The Morgan fingerprint density at radius 1 is 1.43 bits per heavy atom. The number of hydrogen-bond acceptors (Lipinski definition) is 6. The van der Waals surface area contributed by atoms with Crippen LogP contribution in [0.1, 0.15) is 42.2 Å². The Kier molecular flexibility index (Phi) is 3.75. The topological polar surface area (TPSA) is 89.6 Å². The fraction of sp³-hybridized carbons (Fsp3) is 0.538. The van der Waals surface area contributed by atoms with Crippen LogP contribution < -0.4 is 5.73 Å². The van der Waals surface area contributed by atoms with E-state index in [2.05, 4.69) is 4.99 Å². The number of amidine groups is 1. The van der Waals surface area contributed by atoms with Gasteiger partial charge in [-0.25, -0.2) is 8.42 Å². The largest absolute Gasteiger partial charge is 0.386 e. The van der Waals surface area contributed by atoms with E-state index in [1.807, 2.05) is 0 Å². The highest BCUT2D eigenvalue weighted by atomic mass is 35.5. The normalized spacial score (nSPS) is 27.2. The van der Waals surface area contributed by atoms with Gasteiger partial charge in [-0.15, -0.1) is 11.3 Å². The Morgan fingerprint density at radius 2 is 2.00 bits per heavy atom. The number of rotatable bonds is 2. The lowest BCUT2D eigenvalue weighted by molar-refractivity contribution is 0.102. The van der Waals surface area contributed by atoms with Crippen LogP contribution in [0.15, 0.2) is 11.1 Å². The molecule has 0 saturated heterocycles. The second-order valence-electron chi connectivity index (χ2n) is 5.88. The van der Waals surface area contributed by atoms with Gasteiger partial charge >= 0.3 is 0 Å². The van der Waals surface area contributed by atoms with Crippen molar-refractivity contribution < 1.29 is 13.2 Å². The van der Waals surface area contributed by atoms with Crippen LogP contribution >= 0.6 is 22.9 Å². The van der Waals surface area contributed by atoms with Gasteiger partial charge in [-0.2, -0.15) is 0 Å². The predicted molar refractivity (Wildman–Crippen MR) is 86.2 cm³/mol. The van der Waals surface area contributed by atoms with E-state index in [0.29, 0.717) is 14.8 Å². The lowest BCUT2D eigenvalue weighted by atomic mass is 10.0. The van der Waals surface area contributed by atoms with Crippen molar-refractivity contribution in [2.45, 2.75) is 38.0 Å². The van der Waals surface area contributed by atoms with E-state index in [1.54, 1.807) is 13.0 Å². The first-order chi connectivity index (χ1) is 9.41. The number of nitrogens with two attached hydrogens (primary N) is 1. The van der Waals surface area contributed by atoms with E-state index in [9.17, 15) is 13.2 Å². The molecule has 1 atom stereocenters. The Labute approximate surface area is 133 Å². The molecule has 0 unspecified atom stereocenters. The number of nitrogens with zero attached hydrogens (tertiary/aromatic N) is 1. The number of hydrogen-bond donors (Lipinski definition) is 1. The average molecular weight is 349 g/mol. The quantitative estimate of drug-likeness (QED) is 0.831. The van der Waals surface area contributed by atoms with Crippen molar-refractivity contribution in [3.05, 3.63) is 20.8 Å². The SMILES string of the molecule is CC(=O)c1cc(Cl)c([C@]2(C)CS(=O)(=O)C(C)(C)C(N)=N2)s1. The van der Waals surface area contributed by atoms with Crippen molar-refractivity contribution in [1.82, 2.24) is 0 Å². The Bertz CT molecular complexity index is 749. The van der Waals surface area contributed by atoms with Gasteiger partial charge in [0.25, 0.3) is 0 Å². The molecular formula is C13H17ClN2O3S2. The van der Waals surface area contributed by atoms with Gasteiger partial charge in [0.1, 0.15) is 16.1 Å². The summed E-state index contributed by atoms with van der Waals surface area (Å²) in [6, 6.07) is 1.55. The highest BCUT2D eigenvalue weighted by Gasteiger charge is 2.49. The summed E-state index contributed by atoms with van der Waals surface area (Å²) in [6.45, 7) is 6.19. The number of thiophene rings is 1. The number of sulfone groups is 1. The minimum Gasteiger partial charge on any atom is -0.386 e. The van der Waals surface area contributed by atoms with Gasteiger partial charge in [-0.3, -0.25) is 9.79 Å². The van der Waals surface area contributed by atoms with E-state index in [-0.39, 0.29) is 17.4 Å². The maximum absolute atomic E-state index is 12.5. The molecule has 8 heteroatoms. The third kappa shape index (κ3) is 2.51. The Morgan fingerprint density at radius 3 is 2.43 bits per heavy atom. The standard InChI is InChI=1S/C13H17ClN2O3S2/c1-7(17)9-5-8(14)10(20-9)13(4)6-21(18,19)12(2,3)11(15)16-13/h5H,6H2,1-4H3,(H2,15,16)/t13-/m0/s1. The van der Waals surface area contributed by atoms with E-state index >= 15 is 0 Å². The van der Waals surface area contributed by atoms with Crippen molar-refractivity contribution in [3.63, 3.8) is 0 Å². The van der Waals surface area contributed by atoms with Crippen LogP contribution in [0.2, 0.25) is 5.02 Å². The van der Waals surface area contributed by atoms with Crippen LogP contribution in [-0.4, -0.2) is 30.5 Å². The number of carbonyl (C=O) groups is 1. The zero-order chi connectivity index (χ0) is 16.2. The van der Waals surface area contributed by atoms with Crippen molar-refractivity contribution >= 4 is 44.4 Å². The summed E-state index contributed by atoms with van der Waals surface area (Å²) in [4.78, 5) is 16.9. The van der Waals surface area contributed by atoms with Crippen molar-refractivity contribution in [2.24, 2.45) is 10.7 Å². The summed E-state index contributed by atoms with van der Waals surface area (Å²) in [6.07, 6.45) is 0. The zero-order valence-corrected chi connectivity index (χ0v) is 14.6. The fourth-order valence-electron chi connectivity index (χ4n) is 2.17. The molecule has 0 fully saturated rings. The van der Waals surface area contributed by atoms with Crippen LogP contribution in [-0.2, 0) is 15.4 Å². The number of carbonyl (C=O) groups excluding carboxylic acids is 1. The molecule has 1 aromatic rings. The second-order valence-corrected chi connectivity index (χ2v) is 9.88. The maximum atomic E-state index is 12.5. The minimum atomic E-state index is -3.49. The predicted octanol–water partition coefficient (Wildman–Crippen LogP) is 2.38. The second kappa shape index (κ2) is 4.79. The molecule has 0 saturated carbocycles. The monoisotopic (exact) mass is 348 g/mol. The minimum absolute atomic E-state index is 0.0603. The number of Topliss-reactive ketones (excluding diaryl/α,β-unsaturated/α-hetero) is 1. The summed E-state index contributed by atoms with van der Waals surface area (Å²) in [7, 11) is -3.49. The van der Waals surface area contributed by atoms with Gasteiger partial charge in [0.2, 0.25) is 0 Å². The molecule has 5 nitrogen and oxygen atoms in total. The van der Waals surface area contributed by atoms with Crippen LogP contribution in [0.5, 0.6) is 0 Å². The van der Waals surface area contributed by atoms with Gasteiger partial charge < -0.3 is 5.73 Å². The third-order valence-electron chi connectivity index (χ3n) is 3.76. The Balaban J connectivity index is 2.64. The molecule has 2 rings (SSSR count). The van der Waals surface area contributed by atoms with E-state index in [4.69, 9.17) is 17.3 Å². The third-order valence-corrected chi connectivity index (χ3v) is 8.36. The number of ketones is 1. The number of aliphatic imine (C=N–C) groups is 1. The highest BCUT2D eigenvalue weighted by molar-refractivity contribution is 7.93. The van der Waals surface area contributed by atoms with Gasteiger partial charge in [0.15, 0.2) is 15.6 Å². The smallest absolute Gasteiger partial charge is 0.169 e. The van der Waals surface area contributed by atoms with Gasteiger partial charge in [0, 0.05) is 0 Å². The van der Waals surface area contributed by atoms with E-state index in [1.165, 1.54) is 32.1 Å². The first-order valence-electron chi connectivity index (χ1n) is 6.29. The van der Waals surface area contributed by atoms with Crippen LogP contribution in [0.25, 0.3) is 0 Å². The molecule has 0 aromatic carbocycles. The number of halogens is 1. The zero-order valence-electron chi connectivity index (χ0n) is 12.2. The van der Waals surface area contributed by atoms with E-state index < -0.39 is 20.1 Å². The summed E-state index contributed by atoms with van der Waals surface area (Å²) in [5.74, 6) is -0.247. The molecule has 21 heavy (non-hydrogen) atoms. The molecular weight excluding hydrogens is 332 g/mol. The fourth-order valence-corrected chi connectivity index (χ4v) is 5.46. The van der Waals surface area contributed by atoms with E-state index in [0.717, 1.165) is 0 Å². The van der Waals surface area contributed by atoms with Crippen LogP contribution in [0.3, 0.4) is 0 Å². The lowest BCUT2D eigenvalue weighted by Gasteiger charge is -2.37. The molecule has 0 aliphatic carbocycles. The van der Waals surface area contributed by atoms with Crippen molar-refractivity contribution in [1.29, 1.82) is 0 Å². The maximum Gasteiger partial charge on any atom is 0.169 e. The van der Waals surface area contributed by atoms with Crippen molar-refractivity contribution in [2.75, 3.05) is 5.75 Å². The average Bonchev–Trinajstić information content (AvgIpc) is 2.69. The summed E-state index contributed by atoms with van der Waals surface area (Å²) in [5.41, 5.74) is 4.82. The van der Waals surface area contributed by atoms with Crippen LogP contribution in [0.4, 0.5) is 0 Å². The molecule has 116 valence electrons. The first-order valence-corrected chi connectivity index (χ1v) is 9.14. The lowest BCUT2D eigenvalue weighted by Crippen LogP contribution is -2.54. The molecule has 0 spiro atoms. The molecule has 2 heterocycles. The van der Waals surface area contributed by atoms with Gasteiger partial charge in [-0.05, 0) is 33.8 Å². The first kappa shape index (κ1) is 16.5. The molecule has 1 aliphatic heterocycles. The Hall–Kier alpha value is -0.920. The molecule has 0 amide bonds. The summed E-state index contributed by atoms with van der Waals surface area (Å²) in [5, 5.41) is 0.346. The van der Waals surface area contributed by atoms with Crippen molar-refractivity contribution in [3.8, 4) is 0 Å².